The molecule has 0 saturated carbocycles. The second-order valence-electron chi connectivity index (χ2n) is 7.40. The van der Waals surface area contributed by atoms with Crippen molar-refractivity contribution < 1.29 is 9.53 Å². The molecule has 0 spiro atoms. The van der Waals surface area contributed by atoms with Gasteiger partial charge in [-0.2, -0.15) is 0 Å². The number of rotatable bonds is 7. The Bertz CT molecular complexity index is 952. The summed E-state index contributed by atoms with van der Waals surface area (Å²) in [4.78, 5) is 15.3. The Morgan fingerprint density at radius 1 is 1.13 bits per heavy atom. The fourth-order valence-corrected chi connectivity index (χ4v) is 3.87. The van der Waals surface area contributed by atoms with Crippen LogP contribution in [-0.4, -0.2) is 57.8 Å². The molecule has 3 aromatic rings. The van der Waals surface area contributed by atoms with Crippen LogP contribution in [0.5, 0.6) is 5.75 Å². The highest BCUT2D eigenvalue weighted by Gasteiger charge is 2.23. The SMILES string of the molecule is COc1ccc([C@H](CNC(=O)c2cccc(-n3cnnn3)c2)N2CCCCC2)cc1. The third-order valence-corrected chi connectivity index (χ3v) is 5.51. The van der Waals surface area contributed by atoms with Crippen LogP contribution in [0.15, 0.2) is 54.9 Å². The van der Waals surface area contributed by atoms with Gasteiger partial charge in [0, 0.05) is 12.1 Å². The molecule has 0 unspecified atom stereocenters. The predicted octanol–water partition coefficient (Wildman–Crippen LogP) is 2.63. The van der Waals surface area contributed by atoms with Crippen molar-refractivity contribution in [3.8, 4) is 11.4 Å². The van der Waals surface area contributed by atoms with Crippen molar-refractivity contribution >= 4 is 5.91 Å². The van der Waals surface area contributed by atoms with Crippen LogP contribution < -0.4 is 10.1 Å². The Balaban J connectivity index is 1.48. The van der Waals surface area contributed by atoms with Gasteiger partial charge in [-0.25, -0.2) is 4.68 Å². The van der Waals surface area contributed by atoms with Gasteiger partial charge in [0.15, 0.2) is 0 Å². The van der Waals surface area contributed by atoms with Crippen LogP contribution in [0.3, 0.4) is 0 Å². The maximum Gasteiger partial charge on any atom is 0.251 e. The molecule has 1 aliphatic rings. The van der Waals surface area contributed by atoms with Crippen LogP contribution in [0.1, 0.15) is 41.2 Å². The van der Waals surface area contributed by atoms with E-state index >= 15 is 0 Å². The summed E-state index contributed by atoms with van der Waals surface area (Å²) < 4.78 is 6.83. The number of ether oxygens (including phenoxy) is 1. The fourth-order valence-electron chi connectivity index (χ4n) is 3.87. The number of carbonyl (C=O) groups is 1. The molecule has 1 aliphatic heterocycles. The van der Waals surface area contributed by atoms with Crippen molar-refractivity contribution in [2.24, 2.45) is 0 Å². The van der Waals surface area contributed by atoms with Gasteiger partial charge in [-0.3, -0.25) is 9.69 Å². The minimum atomic E-state index is -0.111. The average Bonchev–Trinajstić information content (AvgIpc) is 3.35. The van der Waals surface area contributed by atoms with Crippen molar-refractivity contribution in [2.45, 2.75) is 25.3 Å². The Kier molecular flexibility index (Phi) is 6.34. The van der Waals surface area contributed by atoms with Crippen LogP contribution in [0.25, 0.3) is 5.69 Å². The minimum absolute atomic E-state index is 0.111. The number of tetrazole rings is 1. The molecule has 1 N–H and O–H groups in total. The van der Waals surface area contributed by atoms with Crippen LogP contribution in [0.2, 0.25) is 0 Å². The lowest BCUT2D eigenvalue weighted by molar-refractivity contribution is 0.0924. The summed E-state index contributed by atoms with van der Waals surface area (Å²) in [5.41, 5.74) is 2.51. The number of hydrogen-bond donors (Lipinski definition) is 1. The molecule has 8 heteroatoms. The molecule has 1 aromatic heterocycles. The van der Waals surface area contributed by atoms with Gasteiger partial charge >= 0.3 is 0 Å². The van der Waals surface area contributed by atoms with Crippen molar-refractivity contribution in [2.75, 3.05) is 26.7 Å². The highest BCUT2D eigenvalue weighted by molar-refractivity contribution is 5.94. The number of amides is 1. The van der Waals surface area contributed by atoms with Crippen molar-refractivity contribution in [3.63, 3.8) is 0 Å². The smallest absolute Gasteiger partial charge is 0.251 e. The molecule has 0 bridgehead atoms. The summed E-state index contributed by atoms with van der Waals surface area (Å²) in [5.74, 6) is 0.722. The summed E-state index contributed by atoms with van der Waals surface area (Å²) in [6, 6.07) is 15.5. The average molecular weight is 406 g/mol. The van der Waals surface area contributed by atoms with Gasteiger partial charge in [0.05, 0.1) is 18.8 Å². The van der Waals surface area contributed by atoms with Crippen LogP contribution in [0.4, 0.5) is 0 Å². The van der Waals surface area contributed by atoms with E-state index in [0.29, 0.717) is 12.1 Å². The van der Waals surface area contributed by atoms with Gasteiger partial charge in [-0.15, -0.1) is 5.10 Å². The van der Waals surface area contributed by atoms with Gasteiger partial charge < -0.3 is 10.1 Å². The summed E-state index contributed by atoms with van der Waals surface area (Å²) in [6.07, 6.45) is 5.15. The van der Waals surface area contributed by atoms with E-state index < -0.39 is 0 Å². The Hall–Kier alpha value is -3.26. The van der Waals surface area contributed by atoms with E-state index in [1.54, 1.807) is 19.2 Å². The molecular formula is C22H26N6O2. The number of methoxy groups -OCH3 is 1. The van der Waals surface area contributed by atoms with Gasteiger partial charge in [0.25, 0.3) is 5.91 Å². The molecule has 8 nitrogen and oxygen atoms in total. The summed E-state index contributed by atoms with van der Waals surface area (Å²) in [7, 11) is 1.67. The van der Waals surface area contributed by atoms with E-state index in [4.69, 9.17) is 4.74 Å². The monoisotopic (exact) mass is 406 g/mol. The number of aromatic nitrogens is 4. The lowest BCUT2D eigenvalue weighted by Gasteiger charge is -2.35. The third-order valence-electron chi connectivity index (χ3n) is 5.51. The molecule has 1 atom stereocenters. The summed E-state index contributed by atoms with van der Waals surface area (Å²) >= 11 is 0. The van der Waals surface area contributed by atoms with Crippen LogP contribution in [-0.2, 0) is 0 Å². The number of benzene rings is 2. The Morgan fingerprint density at radius 3 is 2.63 bits per heavy atom. The zero-order valence-electron chi connectivity index (χ0n) is 17.1. The van der Waals surface area contributed by atoms with Gasteiger partial charge in [-0.05, 0) is 72.3 Å². The first-order valence-corrected chi connectivity index (χ1v) is 10.2. The molecule has 1 saturated heterocycles. The minimum Gasteiger partial charge on any atom is -0.497 e. The Morgan fingerprint density at radius 2 is 1.93 bits per heavy atom. The highest BCUT2D eigenvalue weighted by atomic mass is 16.5. The zero-order chi connectivity index (χ0) is 20.8. The summed E-state index contributed by atoms with van der Waals surface area (Å²) in [6.45, 7) is 2.63. The number of nitrogens with zero attached hydrogens (tertiary/aromatic N) is 5. The molecule has 1 amide bonds. The first-order valence-electron chi connectivity index (χ1n) is 10.2. The van der Waals surface area contributed by atoms with Crippen molar-refractivity contribution in [3.05, 3.63) is 66.0 Å². The van der Waals surface area contributed by atoms with Gasteiger partial charge in [-0.1, -0.05) is 24.6 Å². The molecule has 0 radical (unpaired) electrons. The fraction of sp³-hybridized carbons (Fsp3) is 0.364. The summed E-state index contributed by atoms with van der Waals surface area (Å²) in [5, 5.41) is 14.3. The van der Waals surface area contributed by atoms with E-state index in [1.807, 2.05) is 24.3 Å². The second kappa shape index (κ2) is 9.49. The maximum absolute atomic E-state index is 12.9. The van der Waals surface area contributed by atoms with Gasteiger partial charge in [0.2, 0.25) is 0 Å². The first-order chi connectivity index (χ1) is 14.7. The lowest BCUT2D eigenvalue weighted by Crippen LogP contribution is -2.40. The van der Waals surface area contributed by atoms with E-state index in [1.165, 1.54) is 35.8 Å². The van der Waals surface area contributed by atoms with Crippen molar-refractivity contribution in [1.82, 2.24) is 30.4 Å². The molecule has 1 fully saturated rings. The van der Waals surface area contributed by atoms with Crippen molar-refractivity contribution in [1.29, 1.82) is 0 Å². The molecule has 156 valence electrons. The van der Waals surface area contributed by atoms with E-state index in [0.717, 1.165) is 24.5 Å². The van der Waals surface area contributed by atoms with Crippen LogP contribution >= 0.6 is 0 Å². The lowest BCUT2D eigenvalue weighted by atomic mass is 10.0. The molecule has 30 heavy (non-hydrogen) atoms. The molecule has 2 aromatic carbocycles. The largest absolute Gasteiger partial charge is 0.497 e. The van der Waals surface area contributed by atoms with E-state index in [9.17, 15) is 4.79 Å². The maximum atomic E-state index is 12.9. The Labute approximate surface area is 175 Å². The van der Waals surface area contributed by atoms with Gasteiger partial charge in [0.1, 0.15) is 12.1 Å². The molecule has 2 heterocycles. The topological polar surface area (TPSA) is 85.2 Å². The predicted molar refractivity (Wildman–Crippen MR) is 113 cm³/mol. The number of hydrogen-bond acceptors (Lipinski definition) is 6. The second-order valence-corrected chi connectivity index (χ2v) is 7.40. The quantitative estimate of drug-likeness (QED) is 0.649. The number of piperidine rings is 1. The standard InChI is InChI=1S/C22H26N6O2/c1-30-20-10-8-17(9-11-20)21(27-12-3-2-4-13-27)15-23-22(29)18-6-5-7-19(14-18)28-16-24-25-26-28/h5-11,14,16,21H,2-4,12-13,15H2,1H3,(H,23,29)/t21-/m0/s1. The molecule has 4 rings (SSSR count). The zero-order valence-corrected chi connectivity index (χ0v) is 17.1. The number of nitrogens with one attached hydrogen (secondary N) is 1. The third kappa shape index (κ3) is 4.65. The molecule has 0 aliphatic carbocycles. The van der Waals surface area contributed by atoms with E-state index in [2.05, 4.69) is 37.9 Å². The molecular weight excluding hydrogens is 380 g/mol. The van der Waals surface area contributed by atoms with E-state index in [-0.39, 0.29) is 11.9 Å². The number of likely N-dealkylation sites (tertiary alicyclic amines) is 1. The first kappa shape index (κ1) is 20.0. The number of carbonyl (C=O) groups excluding carboxylic acids is 1. The normalized spacial score (nSPS) is 15.5. The highest BCUT2D eigenvalue weighted by Crippen LogP contribution is 2.26. The van der Waals surface area contributed by atoms with Crippen LogP contribution in [0, 0.1) is 0 Å².